The summed E-state index contributed by atoms with van der Waals surface area (Å²) in [6, 6.07) is 17.1. The maximum Gasteiger partial charge on any atom is 0.296 e. The van der Waals surface area contributed by atoms with Gasteiger partial charge in [0.2, 0.25) is 5.76 Å². The predicted molar refractivity (Wildman–Crippen MR) is 112 cm³/mol. The van der Waals surface area contributed by atoms with E-state index in [0.717, 1.165) is 11.1 Å². The van der Waals surface area contributed by atoms with Gasteiger partial charge in [-0.15, -0.1) is 0 Å². The molecule has 0 radical (unpaired) electrons. The molecule has 0 saturated heterocycles. The minimum absolute atomic E-state index is 0.0435. The molecule has 0 fully saturated rings. The van der Waals surface area contributed by atoms with Gasteiger partial charge in [-0.3, -0.25) is 14.5 Å². The fourth-order valence-electron chi connectivity index (χ4n) is 3.80. The summed E-state index contributed by atoms with van der Waals surface area (Å²) in [7, 11) is 0. The smallest absolute Gasteiger partial charge is 0.296 e. The first kappa shape index (κ1) is 17.6. The lowest BCUT2D eigenvalue weighted by molar-refractivity contribution is 0.0970. The first-order valence-electron chi connectivity index (χ1n) is 9.12. The highest BCUT2D eigenvalue weighted by atomic mass is 35.5. The molecule has 3 heterocycles. The molecule has 0 bridgehead atoms. The third-order valence-corrected chi connectivity index (χ3v) is 5.32. The van der Waals surface area contributed by atoms with Crippen LogP contribution in [0.2, 0.25) is 5.02 Å². The summed E-state index contributed by atoms with van der Waals surface area (Å²) in [5, 5.41) is 0.954. The third kappa shape index (κ3) is 2.74. The molecule has 1 aliphatic rings. The quantitative estimate of drug-likeness (QED) is 0.478. The number of aromatic nitrogens is 1. The fourth-order valence-corrected chi connectivity index (χ4v) is 4.00. The molecule has 2 aromatic heterocycles. The lowest BCUT2D eigenvalue weighted by Gasteiger charge is -2.24. The first-order valence-corrected chi connectivity index (χ1v) is 9.50. The summed E-state index contributed by atoms with van der Waals surface area (Å²) in [4.78, 5) is 32.7. The Morgan fingerprint density at radius 2 is 1.86 bits per heavy atom. The third-order valence-electron chi connectivity index (χ3n) is 5.09. The van der Waals surface area contributed by atoms with Gasteiger partial charge in [-0.1, -0.05) is 35.9 Å². The molecule has 0 spiro atoms. The Hall–Kier alpha value is -3.44. The molecule has 0 aliphatic carbocycles. The Balaban J connectivity index is 1.84. The zero-order valence-electron chi connectivity index (χ0n) is 15.4. The second-order valence-electron chi connectivity index (χ2n) is 6.99. The predicted octanol–water partition coefficient (Wildman–Crippen LogP) is 4.90. The van der Waals surface area contributed by atoms with Crippen LogP contribution in [0.3, 0.4) is 0 Å². The second-order valence-corrected chi connectivity index (χ2v) is 7.43. The number of pyridine rings is 1. The standard InChI is InChI=1S/C23H15ClN2O3/c1-13-9-10-25-18(11-13)26-20(14-5-4-6-15(24)12-14)19-21(27)16-7-2-3-8-17(16)29-22(19)23(26)28/h2-12,20H,1H3/t20-/m1/s1. The average Bonchev–Trinajstić information content (AvgIpc) is 3.01. The molecule has 1 aliphatic heterocycles. The molecule has 0 N–H and O–H groups in total. The van der Waals surface area contributed by atoms with E-state index in [0.29, 0.717) is 27.4 Å². The Bertz CT molecular complexity index is 1350. The number of fused-ring (bicyclic) bond motifs is 2. The van der Waals surface area contributed by atoms with Crippen LogP contribution in [0.5, 0.6) is 0 Å². The van der Waals surface area contributed by atoms with Crippen LogP contribution in [-0.2, 0) is 0 Å². The Labute approximate surface area is 171 Å². The number of aryl methyl sites for hydroxylation is 1. The molecule has 142 valence electrons. The number of amides is 1. The summed E-state index contributed by atoms with van der Waals surface area (Å²) in [5.41, 5.74) is 2.13. The topological polar surface area (TPSA) is 63.4 Å². The molecule has 29 heavy (non-hydrogen) atoms. The van der Waals surface area contributed by atoms with Gasteiger partial charge >= 0.3 is 0 Å². The largest absolute Gasteiger partial charge is 0.450 e. The van der Waals surface area contributed by atoms with Crippen LogP contribution in [0.4, 0.5) is 5.82 Å². The van der Waals surface area contributed by atoms with Crippen molar-refractivity contribution >= 4 is 34.3 Å². The molecule has 5 nitrogen and oxygen atoms in total. The van der Waals surface area contributed by atoms with Crippen molar-refractivity contribution in [1.29, 1.82) is 0 Å². The van der Waals surface area contributed by atoms with Crippen molar-refractivity contribution in [2.45, 2.75) is 13.0 Å². The van der Waals surface area contributed by atoms with Crippen LogP contribution in [0.15, 0.2) is 76.1 Å². The van der Waals surface area contributed by atoms with E-state index in [1.165, 1.54) is 4.90 Å². The normalized spacial score (nSPS) is 15.7. The van der Waals surface area contributed by atoms with Crippen molar-refractivity contribution < 1.29 is 9.21 Å². The van der Waals surface area contributed by atoms with Crippen LogP contribution in [0.25, 0.3) is 11.0 Å². The van der Waals surface area contributed by atoms with Gasteiger partial charge in [0.15, 0.2) is 5.43 Å². The number of carbonyl (C=O) groups excluding carboxylic acids is 1. The second kappa shape index (κ2) is 6.57. The van der Waals surface area contributed by atoms with E-state index in [2.05, 4.69) is 4.98 Å². The van der Waals surface area contributed by atoms with E-state index in [9.17, 15) is 9.59 Å². The van der Waals surface area contributed by atoms with Crippen molar-refractivity contribution in [2.75, 3.05) is 4.90 Å². The fraction of sp³-hybridized carbons (Fsp3) is 0.0870. The van der Waals surface area contributed by atoms with E-state index in [1.807, 2.05) is 25.1 Å². The van der Waals surface area contributed by atoms with Gasteiger partial charge in [0, 0.05) is 11.2 Å². The molecule has 0 unspecified atom stereocenters. The highest BCUT2D eigenvalue weighted by Crippen LogP contribution is 2.41. The Morgan fingerprint density at radius 3 is 2.66 bits per heavy atom. The number of hydrogen-bond donors (Lipinski definition) is 0. The van der Waals surface area contributed by atoms with E-state index in [4.69, 9.17) is 16.0 Å². The number of rotatable bonds is 2. The van der Waals surface area contributed by atoms with Gasteiger partial charge < -0.3 is 4.42 Å². The minimum atomic E-state index is -0.675. The van der Waals surface area contributed by atoms with Gasteiger partial charge in [-0.25, -0.2) is 4.98 Å². The number of nitrogens with zero attached hydrogens (tertiary/aromatic N) is 2. The zero-order valence-corrected chi connectivity index (χ0v) is 16.2. The number of halogens is 1. The molecule has 0 saturated carbocycles. The van der Waals surface area contributed by atoms with Crippen molar-refractivity contribution in [3.8, 4) is 0 Å². The number of hydrogen-bond acceptors (Lipinski definition) is 4. The molecular weight excluding hydrogens is 388 g/mol. The molecule has 1 amide bonds. The molecule has 6 heteroatoms. The van der Waals surface area contributed by atoms with E-state index in [1.54, 1.807) is 48.7 Å². The van der Waals surface area contributed by atoms with Crippen LogP contribution >= 0.6 is 11.6 Å². The summed E-state index contributed by atoms with van der Waals surface area (Å²) in [6.07, 6.45) is 1.64. The summed E-state index contributed by atoms with van der Waals surface area (Å²) < 4.78 is 5.91. The molecule has 4 aromatic rings. The average molecular weight is 403 g/mol. The maximum atomic E-state index is 13.4. The lowest BCUT2D eigenvalue weighted by atomic mass is 9.98. The van der Waals surface area contributed by atoms with Gasteiger partial charge in [0.25, 0.3) is 5.91 Å². The van der Waals surface area contributed by atoms with Gasteiger partial charge in [0.1, 0.15) is 11.4 Å². The number of anilines is 1. The number of carbonyl (C=O) groups is 1. The molecular formula is C23H15ClN2O3. The van der Waals surface area contributed by atoms with E-state index in [-0.39, 0.29) is 11.2 Å². The highest BCUT2D eigenvalue weighted by Gasteiger charge is 2.44. The molecule has 2 aromatic carbocycles. The van der Waals surface area contributed by atoms with Crippen LogP contribution in [0, 0.1) is 6.92 Å². The minimum Gasteiger partial charge on any atom is -0.450 e. The van der Waals surface area contributed by atoms with Crippen molar-refractivity contribution in [2.24, 2.45) is 0 Å². The monoisotopic (exact) mass is 402 g/mol. The number of benzene rings is 2. The molecule has 1 atom stereocenters. The summed E-state index contributed by atoms with van der Waals surface area (Å²) >= 11 is 6.22. The van der Waals surface area contributed by atoms with Crippen LogP contribution in [0.1, 0.15) is 33.3 Å². The summed E-state index contributed by atoms with van der Waals surface area (Å²) in [6.45, 7) is 1.92. The van der Waals surface area contributed by atoms with E-state index >= 15 is 0 Å². The van der Waals surface area contributed by atoms with Gasteiger partial charge in [-0.2, -0.15) is 0 Å². The van der Waals surface area contributed by atoms with Crippen LogP contribution < -0.4 is 10.3 Å². The number of para-hydroxylation sites is 1. The maximum absolute atomic E-state index is 13.4. The van der Waals surface area contributed by atoms with Crippen LogP contribution in [-0.4, -0.2) is 10.9 Å². The zero-order chi connectivity index (χ0) is 20.1. The van der Waals surface area contributed by atoms with Crippen molar-refractivity contribution in [1.82, 2.24) is 4.98 Å². The van der Waals surface area contributed by atoms with Gasteiger partial charge in [-0.05, 0) is 54.4 Å². The molecule has 5 rings (SSSR count). The lowest BCUT2D eigenvalue weighted by Crippen LogP contribution is -2.30. The first-order chi connectivity index (χ1) is 14.0. The van der Waals surface area contributed by atoms with Gasteiger partial charge in [0.05, 0.1) is 17.0 Å². The summed E-state index contributed by atoms with van der Waals surface area (Å²) in [5.74, 6) is 0.0998. The Morgan fingerprint density at radius 1 is 1.03 bits per heavy atom. The van der Waals surface area contributed by atoms with E-state index < -0.39 is 11.9 Å². The highest BCUT2D eigenvalue weighted by molar-refractivity contribution is 6.30. The SMILES string of the molecule is Cc1ccnc(N2C(=O)c3oc4ccccc4c(=O)c3[C@H]2c2cccc(Cl)c2)c1. The van der Waals surface area contributed by atoms with Crippen molar-refractivity contribution in [3.63, 3.8) is 0 Å². The van der Waals surface area contributed by atoms with Crippen molar-refractivity contribution in [3.05, 3.63) is 105 Å². The Kier molecular flexibility index (Phi) is 4.00.